The Balaban J connectivity index is 2.12. The minimum atomic E-state index is 0.942. The monoisotopic (exact) mass is 198 g/mol. The molecule has 0 amide bonds. The first-order valence-electron chi connectivity index (χ1n) is 5.94. The van der Waals surface area contributed by atoms with Gasteiger partial charge < -0.3 is 9.80 Å². The van der Waals surface area contributed by atoms with Gasteiger partial charge in [0.05, 0.1) is 27.7 Å². The van der Waals surface area contributed by atoms with Gasteiger partial charge in [-0.05, 0) is 19.3 Å². The molecule has 0 saturated heterocycles. The van der Waals surface area contributed by atoms with E-state index in [4.69, 9.17) is 0 Å². The molecule has 0 aromatic carbocycles. The first-order chi connectivity index (χ1) is 6.68. The van der Waals surface area contributed by atoms with Crippen molar-refractivity contribution in [3.63, 3.8) is 0 Å². The highest BCUT2D eigenvalue weighted by molar-refractivity contribution is 4.89. The molecule has 0 spiro atoms. The number of nitrogens with one attached hydrogen (secondary N) is 2. The van der Waals surface area contributed by atoms with Gasteiger partial charge in [0.25, 0.3) is 0 Å². The Bertz CT molecular complexity index is 175. The van der Waals surface area contributed by atoms with Crippen molar-refractivity contribution >= 4 is 0 Å². The second kappa shape index (κ2) is 6.20. The molecular weight excluding hydrogens is 172 g/mol. The van der Waals surface area contributed by atoms with Crippen LogP contribution in [0.4, 0.5) is 0 Å². The Morgan fingerprint density at radius 1 is 1.14 bits per heavy atom. The number of hydrogen-bond donors (Lipinski definition) is 2. The fourth-order valence-corrected chi connectivity index (χ4v) is 2.10. The van der Waals surface area contributed by atoms with E-state index < -0.39 is 0 Å². The van der Waals surface area contributed by atoms with E-state index in [1.807, 2.05) is 0 Å². The Hall–Kier alpha value is -0.340. The Labute approximate surface area is 88.6 Å². The first kappa shape index (κ1) is 11.7. The van der Waals surface area contributed by atoms with Crippen molar-refractivity contribution < 1.29 is 9.80 Å². The van der Waals surface area contributed by atoms with Crippen LogP contribution in [0.3, 0.4) is 0 Å². The second-order valence-corrected chi connectivity index (χ2v) is 5.02. The lowest BCUT2D eigenvalue weighted by Gasteiger charge is -2.22. The van der Waals surface area contributed by atoms with Gasteiger partial charge in [0.1, 0.15) is 13.1 Å². The predicted molar refractivity (Wildman–Crippen MR) is 60.8 cm³/mol. The first-order valence-corrected chi connectivity index (χ1v) is 5.94. The Kier molecular flexibility index (Phi) is 5.20. The van der Waals surface area contributed by atoms with Crippen LogP contribution in [0.1, 0.15) is 19.3 Å². The van der Waals surface area contributed by atoms with Gasteiger partial charge in [0, 0.05) is 5.92 Å². The lowest BCUT2D eigenvalue weighted by atomic mass is 9.94. The number of rotatable bonds is 5. The molecular formula is C12H26N2+2. The van der Waals surface area contributed by atoms with Crippen LogP contribution in [0.25, 0.3) is 0 Å². The van der Waals surface area contributed by atoms with Crippen LogP contribution in [0.15, 0.2) is 12.2 Å². The van der Waals surface area contributed by atoms with E-state index in [0.717, 1.165) is 5.92 Å². The Morgan fingerprint density at radius 2 is 1.93 bits per heavy atom. The molecule has 0 heterocycles. The summed E-state index contributed by atoms with van der Waals surface area (Å²) >= 11 is 0. The molecule has 1 unspecified atom stereocenters. The summed E-state index contributed by atoms with van der Waals surface area (Å²) < 4.78 is 0. The molecule has 14 heavy (non-hydrogen) atoms. The van der Waals surface area contributed by atoms with Gasteiger partial charge in [-0.2, -0.15) is 0 Å². The zero-order valence-electron chi connectivity index (χ0n) is 9.97. The average molecular weight is 198 g/mol. The largest absolute Gasteiger partial charge is 0.335 e. The van der Waals surface area contributed by atoms with E-state index in [0.29, 0.717) is 0 Å². The van der Waals surface area contributed by atoms with Gasteiger partial charge in [0.2, 0.25) is 0 Å². The summed E-state index contributed by atoms with van der Waals surface area (Å²) in [7, 11) is 6.80. The maximum atomic E-state index is 2.36. The van der Waals surface area contributed by atoms with Crippen LogP contribution in [0.2, 0.25) is 0 Å². The predicted octanol–water partition coefficient (Wildman–Crippen LogP) is -0.998. The molecule has 2 N–H and O–H groups in total. The highest BCUT2D eigenvalue weighted by Crippen LogP contribution is 2.15. The lowest BCUT2D eigenvalue weighted by molar-refractivity contribution is -0.931. The molecule has 1 aliphatic carbocycles. The quantitative estimate of drug-likeness (QED) is 0.525. The number of likely N-dealkylation sites (N-methyl/N-ethyl adjacent to an activating group) is 2. The third-order valence-electron chi connectivity index (χ3n) is 3.07. The van der Waals surface area contributed by atoms with Crippen LogP contribution >= 0.6 is 0 Å². The maximum absolute atomic E-state index is 2.36. The Morgan fingerprint density at radius 3 is 2.50 bits per heavy atom. The molecule has 0 saturated carbocycles. The highest BCUT2D eigenvalue weighted by atomic mass is 15.1. The van der Waals surface area contributed by atoms with Crippen molar-refractivity contribution in [2.45, 2.75) is 19.3 Å². The van der Waals surface area contributed by atoms with E-state index in [1.165, 1.54) is 38.9 Å². The summed E-state index contributed by atoms with van der Waals surface area (Å²) in [6.45, 7) is 3.95. The van der Waals surface area contributed by atoms with Crippen molar-refractivity contribution in [1.29, 1.82) is 0 Å². The smallest absolute Gasteiger partial charge is 0.127 e. The van der Waals surface area contributed by atoms with Crippen LogP contribution in [-0.4, -0.2) is 40.8 Å². The summed E-state index contributed by atoms with van der Waals surface area (Å²) in [5, 5.41) is 0. The summed E-state index contributed by atoms with van der Waals surface area (Å²) in [6.07, 6.45) is 8.71. The fraction of sp³-hybridized carbons (Fsp3) is 0.833. The summed E-state index contributed by atoms with van der Waals surface area (Å²) in [4.78, 5) is 3.26. The summed E-state index contributed by atoms with van der Waals surface area (Å²) in [5.41, 5.74) is 0. The molecule has 0 fully saturated rings. The molecule has 2 nitrogen and oxygen atoms in total. The second-order valence-electron chi connectivity index (χ2n) is 5.02. The molecule has 2 heteroatoms. The molecule has 0 aromatic rings. The van der Waals surface area contributed by atoms with Crippen LogP contribution in [0.5, 0.6) is 0 Å². The topological polar surface area (TPSA) is 8.88 Å². The fourth-order valence-electron chi connectivity index (χ4n) is 2.10. The SMILES string of the molecule is C[NH+](C)CC[NH+](C)C[C@H]1CC=CCC1. The van der Waals surface area contributed by atoms with Gasteiger partial charge in [-0.3, -0.25) is 0 Å². The van der Waals surface area contributed by atoms with E-state index in [-0.39, 0.29) is 0 Å². The van der Waals surface area contributed by atoms with Crippen LogP contribution in [0, 0.1) is 5.92 Å². The lowest BCUT2D eigenvalue weighted by Crippen LogP contribution is -3.16. The van der Waals surface area contributed by atoms with Crippen molar-refractivity contribution in [2.75, 3.05) is 40.8 Å². The molecule has 0 aromatic heterocycles. The molecule has 82 valence electrons. The molecule has 1 aliphatic rings. The average Bonchev–Trinajstić information content (AvgIpc) is 2.16. The zero-order valence-corrected chi connectivity index (χ0v) is 9.97. The van der Waals surface area contributed by atoms with Gasteiger partial charge in [-0.25, -0.2) is 0 Å². The molecule has 1 rings (SSSR count). The van der Waals surface area contributed by atoms with Gasteiger partial charge in [-0.15, -0.1) is 0 Å². The highest BCUT2D eigenvalue weighted by Gasteiger charge is 2.15. The van der Waals surface area contributed by atoms with E-state index in [9.17, 15) is 0 Å². The molecule has 0 radical (unpaired) electrons. The van der Waals surface area contributed by atoms with E-state index in [2.05, 4.69) is 33.3 Å². The number of quaternary nitrogens is 2. The van der Waals surface area contributed by atoms with Crippen molar-refractivity contribution in [3.8, 4) is 0 Å². The summed E-state index contributed by atoms with van der Waals surface area (Å²) in [6, 6.07) is 0. The van der Waals surface area contributed by atoms with Gasteiger partial charge >= 0.3 is 0 Å². The number of allylic oxidation sites excluding steroid dienone is 2. The van der Waals surface area contributed by atoms with Crippen LogP contribution in [-0.2, 0) is 0 Å². The van der Waals surface area contributed by atoms with Crippen molar-refractivity contribution in [3.05, 3.63) is 12.2 Å². The normalized spacial score (nSPS) is 24.1. The number of hydrogen-bond acceptors (Lipinski definition) is 0. The summed E-state index contributed by atoms with van der Waals surface area (Å²) in [5.74, 6) is 0.942. The minimum absolute atomic E-state index is 0.942. The maximum Gasteiger partial charge on any atom is 0.127 e. The molecule has 2 atom stereocenters. The third-order valence-corrected chi connectivity index (χ3v) is 3.07. The molecule has 0 aliphatic heterocycles. The van der Waals surface area contributed by atoms with Crippen molar-refractivity contribution in [1.82, 2.24) is 0 Å². The van der Waals surface area contributed by atoms with Crippen LogP contribution < -0.4 is 9.80 Å². The minimum Gasteiger partial charge on any atom is -0.335 e. The molecule has 0 bridgehead atoms. The van der Waals surface area contributed by atoms with Gasteiger partial charge in [-0.1, -0.05) is 12.2 Å². The standard InChI is InChI=1S/C12H24N2/c1-13(2)9-10-14(3)11-12-7-5-4-6-8-12/h4-5,12H,6-11H2,1-3H3/p+2/t12-/m0/s1. The van der Waals surface area contributed by atoms with Crippen molar-refractivity contribution in [2.24, 2.45) is 5.92 Å². The van der Waals surface area contributed by atoms with E-state index in [1.54, 1.807) is 9.80 Å². The van der Waals surface area contributed by atoms with E-state index >= 15 is 0 Å². The zero-order chi connectivity index (χ0) is 10.4. The third kappa shape index (κ3) is 4.77. The van der Waals surface area contributed by atoms with Gasteiger partial charge in [0.15, 0.2) is 0 Å².